The Morgan fingerprint density at radius 3 is 1.00 bits per heavy atom. The molecule has 0 fully saturated rings. The molecule has 2 aliphatic carbocycles. The summed E-state index contributed by atoms with van der Waals surface area (Å²) in [6, 6.07) is 12.7. The number of rotatable bonds is 4. The molecule has 2 aliphatic rings. The number of benzene rings is 4. The molecule has 0 N–H and O–H groups in total. The van der Waals surface area contributed by atoms with Crippen LogP contribution in [0.1, 0.15) is 40.6 Å². The van der Waals surface area contributed by atoms with Crippen LogP contribution in [0.4, 0.5) is 43.9 Å². The van der Waals surface area contributed by atoms with Gasteiger partial charge in [0.25, 0.3) is 0 Å². The number of hydrogen-bond donors (Lipinski definition) is 0. The predicted octanol–water partition coefficient (Wildman–Crippen LogP) is 3.06. The molecule has 0 nitrogen and oxygen atoms in total. The maximum atomic E-state index is 15.0. The largest absolute Gasteiger partial charge is 1.00 e. The first-order chi connectivity index (χ1) is 19.5. The Morgan fingerprint density at radius 1 is 0.395 bits per heavy atom. The van der Waals surface area contributed by atoms with Crippen LogP contribution in [0.3, 0.4) is 0 Å². The minimum absolute atomic E-state index is 0. The third-order valence-electron chi connectivity index (χ3n) is 7.19. The fourth-order valence-electron chi connectivity index (χ4n) is 5.32. The summed E-state index contributed by atoms with van der Waals surface area (Å²) in [5.41, 5.74) is -0.847. The van der Waals surface area contributed by atoms with Crippen molar-refractivity contribution >= 4 is 23.3 Å². The van der Waals surface area contributed by atoms with E-state index in [0.29, 0.717) is 22.3 Å². The average molecular weight is 725 g/mol. The van der Waals surface area contributed by atoms with Gasteiger partial charge in [0.2, 0.25) is 0 Å². The Labute approximate surface area is 261 Å². The van der Waals surface area contributed by atoms with Gasteiger partial charge in [0.15, 0.2) is 0 Å². The summed E-state index contributed by atoms with van der Waals surface area (Å²) in [7, 11) is 0. The Hall–Kier alpha value is -2.88. The van der Waals surface area contributed by atoms with Crippen LogP contribution in [0.2, 0.25) is 0 Å². The summed E-state index contributed by atoms with van der Waals surface area (Å²) in [6.45, 7) is 0. The number of fused-ring (bicyclic) bond motifs is 2. The van der Waals surface area contributed by atoms with Crippen molar-refractivity contribution in [2.45, 2.75) is 7.25 Å². The van der Waals surface area contributed by atoms with Crippen molar-refractivity contribution in [3.05, 3.63) is 140 Å². The molecule has 0 spiro atoms. The van der Waals surface area contributed by atoms with E-state index >= 15 is 17.6 Å². The zero-order valence-corrected chi connectivity index (χ0v) is 24.9. The number of allylic oxidation sites excluding steroid dienone is 2. The molecule has 2 unspecified atom stereocenters. The first-order valence-electron chi connectivity index (χ1n) is 11.9. The molecule has 0 bridgehead atoms. The molecule has 220 valence electrons. The second kappa shape index (κ2) is 12.3. The molecular weight excluding hydrogens is 712 g/mol. The average Bonchev–Trinajstić information content (AvgIpc) is 3.51. The molecule has 0 saturated carbocycles. The van der Waals surface area contributed by atoms with E-state index in [2.05, 4.69) is 0 Å². The smallest absolute Gasteiger partial charge is 1.00 e. The molecule has 0 heterocycles. The third kappa shape index (κ3) is 5.07. The van der Waals surface area contributed by atoms with Gasteiger partial charge in [-0.25, -0.2) is 0 Å². The van der Waals surface area contributed by atoms with Gasteiger partial charge in [0.1, 0.15) is 0 Å². The van der Waals surface area contributed by atoms with Crippen molar-refractivity contribution in [2.24, 2.45) is 0 Å². The maximum Gasteiger partial charge on any atom is -1.00 e. The summed E-state index contributed by atoms with van der Waals surface area (Å²) in [4.78, 5) is 0. The Morgan fingerprint density at radius 2 is 0.674 bits per heavy atom. The van der Waals surface area contributed by atoms with Gasteiger partial charge in [0.05, 0.1) is 0 Å². The van der Waals surface area contributed by atoms with Crippen molar-refractivity contribution in [1.82, 2.24) is 0 Å². The van der Waals surface area contributed by atoms with Gasteiger partial charge in [-0.05, 0) is 0 Å². The van der Waals surface area contributed by atoms with Crippen LogP contribution in [0.5, 0.6) is 0 Å². The molecule has 0 aliphatic heterocycles. The van der Waals surface area contributed by atoms with E-state index in [4.69, 9.17) is 0 Å². The van der Waals surface area contributed by atoms with E-state index in [0.717, 1.165) is 0 Å². The Balaban J connectivity index is 0.00000212. The third-order valence-corrected chi connectivity index (χ3v) is 11.9. The molecule has 0 aromatic heterocycles. The number of halogens is 12. The molecule has 6 rings (SSSR count). The van der Waals surface area contributed by atoms with Crippen LogP contribution in [0, 0.1) is 58.2 Å². The van der Waals surface area contributed by atoms with E-state index in [1.165, 1.54) is 12.2 Å². The van der Waals surface area contributed by atoms with Crippen molar-refractivity contribution in [3.8, 4) is 0 Å². The summed E-state index contributed by atoms with van der Waals surface area (Å²) in [5, 5.41) is 0. The quantitative estimate of drug-likeness (QED) is 0.173. The summed E-state index contributed by atoms with van der Waals surface area (Å²) in [6.07, 6.45) is 2.59. The van der Waals surface area contributed by atoms with Crippen LogP contribution in [-0.4, -0.2) is 0 Å². The molecule has 0 amide bonds. The van der Waals surface area contributed by atoms with Crippen molar-refractivity contribution < 1.29 is 92.0 Å². The standard InChI is InChI=1S/2C15H6F5.2ClH.Zr/c2*16-11-10(12(17)14(19)15(20)13(11)18)9-5-7-3-1-2-4-8(7)6-9;;;/h2*1-6H;2*1H;/q;;;;+2/p-2. The van der Waals surface area contributed by atoms with Crippen LogP contribution in [0.25, 0.3) is 23.3 Å². The zero-order valence-electron chi connectivity index (χ0n) is 21.0. The molecule has 4 aromatic rings. The van der Waals surface area contributed by atoms with Gasteiger partial charge in [-0.2, -0.15) is 0 Å². The van der Waals surface area contributed by atoms with E-state index in [1.54, 1.807) is 48.5 Å². The monoisotopic (exact) mass is 722 g/mol. The van der Waals surface area contributed by atoms with Crippen molar-refractivity contribution in [3.63, 3.8) is 0 Å². The van der Waals surface area contributed by atoms with Gasteiger partial charge in [-0.3, -0.25) is 0 Å². The van der Waals surface area contributed by atoms with Crippen LogP contribution >= 0.6 is 0 Å². The fourth-order valence-corrected chi connectivity index (χ4v) is 10.3. The molecule has 2 atom stereocenters. The van der Waals surface area contributed by atoms with Crippen LogP contribution < -0.4 is 24.8 Å². The molecular formula is C30H12Cl2F10Zr. The normalized spacial score (nSPS) is 16.4. The topological polar surface area (TPSA) is 0 Å². The minimum Gasteiger partial charge on any atom is -1.00 e. The van der Waals surface area contributed by atoms with Crippen molar-refractivity contribution in [2.75, 3.05) is 0 Å². The van der Waals surface area contributed by atoms with Crippen LogP contribution in [-0.2, 0) is 23.2 Å². The van der Waals surface area contributed by atoms with Gasteiger partial charge < -0.3 is 24.8 Å². The number of hydrogen-bond acceptors (Lipinski definition) is 0. The summed E-state index contributed by atoms with van der Waals surface area (Å²) < 4.78 is 143. The second-order valence-corrected chi connectivity index (χ2v) is 13.0. The Kier molecular flexibility index (Phi) is 9.41. The van der Waals surface area contributed by atoms with Gasteiger partial charge in [-0.1, -0.05) is 0 Å². The van der Waals surface area contributed by atoms with Crippen LogP contribution in [0.15, 0.2) is 48.5 Å². The molecule has 13 heteroatoms. The molecule has 0 radical (unpaired) electrons. The van der Waals surface area contributed by atoms with Crippen molar-refractivity contribution in [1.29, 1.82) is 0 Å². The first kappa shape index (κ1) is 33.0. The summed E-state index contributed by atoms with van der Waals surface area (Å²) in [5.74, 6) is -21.3. The van der Waals surface area contributed by atoms with E-state index in [1.807, 2.05) is 0 Å². The minimum atomic E-state index is -2.45. The zero-order chi connectivity index (χ0) is 29.3. The predicted molar refractivity (Wildman–Crippen MR) is 127 cm³/mol. The second-order valence-electron chi connectivity index (χ2n) is 9.38. The molecule has 0 saturated heterocycles. The van der Waals surface area contributed by atoms with Gasteiger partial charge in [-0.15, -0.1) is 0 Å². The van der Waals surface area contributed by atoms with Gasteiger partial charge in [0, 0.05) is 0 Å². The molecule has 4 aromatic carbocycles. The first-order valence-corrected chi connectivity index (χ1v) is 14.8. The van der Waals surface area contributed by atoms with Gasteiger partial charge >= 0.3 is 238 Å². The summed E-state index contributed by atoms with van der Waals surface area (Å²) >= 11 is -2.45. The van der Waals surface area contributed by atoms with E-state index in [-0.39, 0.29) is 36.0 Å². The SMILES string of the molecule is Fc1c(F)c(F)c(C2=Cc3ccccc3[CH]2[Zr+2][CH]2C(c3c(F)c(F)c(F)c(F)c3F)=Cc3ccccc32)c(F)c1F.[Cl-].[Cl-]. The van der Waals surface area contributed by atoms with E-state index in [9.17, 15) is 26.3 Å². The fraction of sp³-hybridized carbons (Fsp3) is 0.0667. The Bertz CT molecular complexity index is 1660. The maximum absolute atomic E-state index is 15.0. The van der Waals surface area contributed by atoms with E-state index < -0.39 is 99.8 Å². The molecule has 43 heavy (non-hydrogen) atoms.